The van der Waals surface area contributed by atoms with Gasteiger partial charge >= 0.3 is 5.97 Å². The zero-order chi connectivity index (χ0) is 17.2. The topological polar surface area (TPSA) is 90.9 Å². The number of amides is 1. The predicted octanol–water partition coefficient (Wildman–Crippen LogP) is 0.962. The summed E-state index contributed by atoms with van der Waals surface area (Å²) in [5.74, 6) is -0.798. The molecular weight excluding hydrogens is 302 g/mol. The Labute approximate surface area is 134 Å². The molecule has 0 aliphatic carbocycles. The van der Waals surface area contributed by atoms with E-state index in [4.69, 9.17) is 14.2 Å². The summed E-state index contributed by atoms with van der Waals surface area (Å²) in [6.45, 7) is 3.28. The summed E-state index contributed by atoms with van der Waals surface area (Å²) in [4.78, 5) is 34.5. The van der Waals surface area contributed by atoms with Gasteiger partial charge in [0.2, 0.25) is 0 Å². The summed E-state index contributed by atoms with van der Waals surface area (Å²) in [6.07, 6.45) is -0.925. The van der Waals surface area contributed by atoms with Crippen LogP contribution in [0.25, 0.3) is 0 Å². The molecule has 0 spiro atoms. The maximum atomic E-state index is 11.7. The SMILES string of the molecule is COCCNC(=O)[C@H](C)OC(=O)COc1cccc(C(C)=O)c1. The number of hydrogen-bond donors (Lipinski definition) is 1. The minimum atomic E-state index is -0.925. The van der Waals surface area contributed by atoms with Crippen molar-refractivity contribution in [2.75, 3.05) is 26.9 Å². The Morgan fingerprint density at radius 2 is 2.00 bits per heavy atom. The van der Waals surface area contributed by atoms with Gasteiger partial charge in [-0.3, -0.25) is 9.59 Å². The number of carbonyl (C=O) groups excluding carboxylic acids is 3. The van der Waals surface area contributed by atoms with E-state index in [9.17, 15) is 14.4 Å². The number of ketones is 1. The number of Topliss-reactive ketones (excluding diaryl/α,β-unsaturated/α-hetero) is 1. The molecule has 23 heavy (non-hydrogen) atoms. The highest BCUT2D eigenvalue weighted by atomic mass is 16.6. The molecule has 0 aromatic heterocycles. The molecule has 0 aliphatic rings. The van der Waals surface area contributed by atoms with Gasteiger partial charge in [-0.2, -0.15) is 0 Å². The lowest BCUT2D eigenvalue weighted by molar-refractivity contribution is -0.156. The second-order valence-electron chi connectivity index (χ2n) is 4.79. The molecule has 7 heteroatoms. The molecule has 0 heterocycles. The van der Waals surface area contributed by atoms with Crippen LogP contribution in [0.3, 0.4) is 0 Å². The number of rotatable bonds is 9. The van der Waals surface area contributed by atoms with Crippen molar-refractivity contribution in [3.8, 4) is 5.75 Å². The Morgan fingerprint density at radius 3 is 2.65 bits per heavy atom. The molecule has 0 saturated heterocycles. The molecule has 0 aliphatic heterocycles. The second-order valence-corrected chi connectivity index (χ2v) is 4.79. The molecule has 1 aromatic rings. The molecule has 7 nitrogen and oxygen atoms in total. The van der Waals surface area contributed by atoms with Crippen LogP contribution in [0.1, 0.15) is 24.2 Å². The van der Waals surface area contributed by atoms with E-state index >= 15 is 0 Å². The van der Waals surface area contributed by atoms with Crippen molar-refractivity contribution in [3.05, 3.63) is 29.8 Å². The fraction of sp³-hybridized carbons (Fsp3) is 0.438. The van der Waals surface area contributed by atoms with Crippen molar-refractivity contribution < 1.29 is 28.6 Å². The Balaban J connectivity index is 2.40. The van der Waals surface area contributed by atoms with Crippen LogP contribution in [-0.2, 0) is 19.1 Å². The first kappa shape index (κ1) is 18.6. The van der Waals surface area contributed by atoms with E-state index in [1.807, 2.05) is 0 Å². The Hall–Kier alpha value is -2.41. The first-order valence-corrected chi connectivity index (χ1v) is 7.14. The molecule has 1 N–H and O–H groups in total. The standard InChI is InChI=1S/C16H21NO6/c1-11(18)13-5-4-6-14(9-13)22-10-15(19)23-12(2)16(20)17-7-8-21-3/h4-6,9,12H,7-8,10H2,1-3H3,(H,17,20)/t12-/m0/s1. The highest BCUT2D eigenvalue weighted by Crippen LogP contribution is 2.13. The van der Waals surface area contributed by atoms with Crippen molar-refractivity contribution in [1.82, 2.24) is 5.32 Å². The molecule has 126 valence electrons. The van der Waals surface area contributed by atoms with Crippen molar-refractivity contribution in [2.24, 2.45) is 0 Å². The van der Waals surface area contributed by atoms with E-state index < -0.39 is 18.0 Å². The molecule has 0 unspecified atom stereocenters. The van der Waals surface area contributed by atoms with Crippen LogP contribution in [-0.4, -0.2) is 50.6 Å². The Bertz CT molecular complexity index is 557. The molecule has 1 amide bonds. The summed E-state index contributed by atoms with van der Waals surface area (Å²) < 4.78 is 15.0. The maximum Gasteiger partial charge on any atom is 0.344 e. The number of ether oxygens (including phenoxy) is 3. The molecule has 1 atom stereocenters. The van der Waals surface area contributed by atoms with Gasteiger partial charge < -0.3 is 19.5 Å². The smallest absolute Gasteiger partial charge is 0.344 e. The number of benzene rings is 1. The van der Waals surface area contributed by atoms with Crippen LogP contribution >= 0.6 is 0 Å². The lowest BCUT2D eigenvalue weighted by Crippen LogP contribution is -2.38. The average molecular weight is 323 g/mol. The molecule has 0 radical (unpaired) electrons. The molecule has 0 fully saturated rings. The van der Waals surface area contributed by atoms with E-state index in [1.54, 1.807) is 18.2 Å². The summed E-state index contributed by atoms with van der Waals surface area (Å²) in [6, 6.07) is 6.47. The minimum Gasteiger partial charge on any atom is -0.482 e. The lowest BCUT2D eigenvalue weighted by Gasteiger charge is -2.13. The summed E-state index contributed by atoms with van der Waals surface area (Å²) >= 11 is 0. The Morgan fingerprint density at radius 1 is 1.26 bits per heavy atom. The monoisotopic (exact) mass is 323 g/mol. The minimum absolute atomic E-state index is 0.0978. The third-order valence-corrected chi connectivity index (χ3v) is 2.88. The Kier molecular flexibility index (Phi) is 7.76. The van der Waals surface area contributed by atoms with Gasteiger partial charge in [0.15, 0.2) is 18.5 Å². The van der Waals surface area contributed by atoms with Crippen LogP contribution in [0.15, 0.2) is 24.3 Å². The number of carbonyl (C=O) groups is 3. The van der Waals surface area contributed by atoms with E-state index in [0.29, 0.717) is 24.5 Å². The summed E-state index contributed by atoms with van der Waals surface area (Å²) in [5, 5.41) is 2.56. The molecule has 0 bridgehead atoms. The van der Waals surface area contributed by atoms with Crippen LogP contribution in [0, 0.1) is 0 Å². The molecule has 1 rings (SSSR count). The summed E-state index contributed by atoms with van der Waals surface area (Å²) in [7, 11) is 1.52. The fourth-order valence-corrected chi connectivity index (χ4v) is 1.65. The van der Waals surface area contributed by atoms with Gasteiger partial charge in [-0.05, 0) is 26.0 Å². The van der Waals surface area contributed by atoms with E-state index in [-0.39, 0.29) is 12.4 Å². The third kappa shape index (κ3) is 6.92. The first-order valence-electron chi connectivity index (χ1n) is 7.14. The van der Waals surface area contributed by atoms with Crippen LogP contribution < -0.4 is 10.1 Å². The predicted molar refractivity (Wildman–Crippen MR) is 82.4 cm³/mol. The van der Waals surface area contributed by atoms with Crippen LogP contribution in [0.5, 0.6) is 5.75 Å². The number of methoxy groups -OCH3 is 1. The second kappa shape index (κ2) is 9.58. The summed E-state index contributed by atoms with van der Waals surface area (Å²) in [5.41, 5.74) is 0.488. The van der Waals surface area contributed by atoms with Gasteiger partial charge in [-0.15, -0.1) is 0 Å². The number of esters is 1. The zero-order valence-electron chi connectivity index (χ0n) is 13.5. The number of hydrogen-bond acceptors (Lipinski definition) is 6. The molecular formula is C16H21NO6. The quantitative estimate of drug-likeness (QED) is 0.413. The number of nitrogens with one attached hydrogen (secondary N) is 1. The largest absolute Gasteiger partial charge is 0.482 e. The van der Waals surface area contributed by atoms with Crippen molar-refractivity contribution in [1.29, 1.82) is 0 Å². The molecule has 0 saturated carbocycles. The van der Waals surface area contributed by atoms with Gasteiger partial charge in [0.25, 0.3) is 5.91 Å². The van der Waals surface area contributed by atoms with E-state index in [1.165, 1.54) is 27.0 Å². The zero-order valence-corrected chi connectivity index (χ0v) is 13.5. The fourth-order valence-electron chi connectivity index (χ4n) is 1.65. The van der Waals surface area contributed by atoms with E-state index in [2.05, 4.69) is 5.32 Å². The highest BCUT2D eigenvalue weighted by molar-refractivity contribution is 5.94. The highest BCUT2D eigenvalue weighted by Gasteiger charge is 2.17. The van der Waals surface area contributed by atoms with Crippen LogP contribution in [0.2, 0.25) is 0 Å². The molecule has 1 aromatic carbocycles. The van der Waals surface area contributed by atoms with Gasteiger partial charge in [0, 0.05) is 19.2 Å². The van der Waals surface area contributed by atoms with Crippen molar-refractivity contribution in [2.45, 2.75) is 20.0 Å². The van der Waals surface area contributed by atoms with E-state index in [0.717, 1.165) is 0 Å². The van der Waals surface area contributed by atoms with Gasteiger partial charge in [-0.25, -0.2) is 4.79 Å². The van der Waals surface area contributed by atoms with Gasteiger partial charge in [-0.1, -0.05) is 12.1 Å². The first-order chi connectivity index (χ1) is 10.9. The lowest BCUT2D eigenvalue weighted by atomic mass is 10.1. The van der Waals surface area contributed by atoms with Crippen molar-refractivity contribution >= 4 is 17.7 Å². The normalized spacial score (nSPS) is 11.4. The average Bonchev–Trinajstić information content (AvgIpc) is 2.53. The van der Waals surface area contributed by atoms with Gasteiger partial charge in [0.05, 0.1) is 6.61 Å². The third-order valence-electron chi connectivity index (χ3n) is 2.88. The van der Waals surface area contributed by atoms with Crippen LogP contribution in [0.4, 0.5) is 0 Å². The maximum absolute atomic E-state index is 11.7. The van der Waals surface area contributed by atoms with Gasteiger partial charge in [0.1, 0.15) is 5.75 Å². The van der Waals surface area contributed by atoms with Crippen molar-refractivity contribution in [3.63, 3.8) is 0 Å².